The highest BCUT2D eigenvalue weighted by molar-refractivity contribution is 5.77. The molecule has 6 heteroatoms. The highest BCUT2D eigenvalue weighted by Crippen LogP contribution is 2.33. The third-order valence-electron chi connectivity index (χ3n) is 5.86. The summed E-state index contributed by atoms with van der Waals surface area (Å²) in [6.45, 7) is 2.76. The van der Waals surface area contributed by atoms with Crippen molar-refractivity contribution in [1.29, 1.82) is 0 Å². The predicted octanol–water partition coefficient (Wildman–Crippen LogP) is 2.55. The molecule has 0 aliphatic carbocycles. The molecule has 2 saturated heterocycles. The van der Waals surface area contributed by atoms with E-state index >= 15 is 0 Å². The molecule has 2 aromatic rings. The maximum Gasteiger partial charge on any atom is 0.223 e. The first-order chi connectivity index (χ1) is 13.2. The lowest BCUT2D eigenvalue weighted by Gasteiger charge is -2.39. The number of benzene rings is 1. The van der Waals surface area contributed by atoms with Crippen LogP contribution in [0.5, 0.6) is 5.75 Å². The van der Waals surface area contributed by atoms with Gasteiger partial charge in [0.2, 0.25) is 5.91 Å². The normalized spacial score (nSPS) is 21.8. The van der Waals surface area contributed by atoms with E-state index in [9.17, 15) is 4.79 Å². The van der Waals surface area contributed by atoms with E-state index in [1.165, 1.54) is 5.56 Å². The van der Waals surface area contributed by atoms with Crippen LogP contribution in [0.25, 0.3) is 0 Å². The summed E-state index contributed by atoms with van der Waals surface area (Å²) in [5, 5.41) is 0. The highest BCUT2D eigenvalue weighted by atomic mass is 16.5. The quantitative estimate of drug-likeness (QED) is 0.814. The van der Waals surface area contributed by atoms with Crippen molar-refractivity contribution in [3.05, 3.63) is 48.4 Å². The molecule has 0 saturated carbocycles. The lowest BCUT2D eigenvalue weighted by atomic mass is 9.92. The third-order valence-corrected chi connectivity index (χ3v) is 5.86. The Kier molecular flexibility index (Phi) is 5.23. The molecule has 2 fully saturated rings. The number of methoxy groups -OCH3 is 1. The van der Waals surface area contributed by atoms with Gasteiger partial charge in [-0.05, 0) is 48.9 Å². The Balaban J connectivity index is 1.37. The fourth-order valence-corrected chi connectivity index (χ4v) is 4.32. The van der Waals surface area contributed by atoms with Gasteiger partial charge in [-0.25, -0.2) is 9.97 Å². The van der Waals surface area contributed by atoms with Gasteiger partial charge in [0.15, 0.2) is 0 Å². The van der Waals surface area contributed by atoms with Gasteiger partial charge in [-0.2, -0.15) is 0 Å². The zero-order chi connectivity index (χ0) is 18.6. The SMILES string of the molecule is COc1ccc(CCC(=O)N2CCC3CCN(c4ccncn4)CC32)cc1. The van der Waals surface area contributed by atoms with Crippen molar-refractivity contribution in [2.75, 3.05) is 31.6 Å². The van der Waals surface area contributed by atoms with Gasteiger partial charge in [-0.15, -0.1) is 0 Å². The van der Waals surface area contributed by atoms with Gasteiger partial charge in [0, 0.05) is 32.3 Å². The molecular formula is C21H26N4O2. The Labute approximate surface area is 160 Å². The number of hydrogen-bond donors (Lipinski definition) is 0. The van der Waals surface area contributed by atoms with Gasteiger partial charge in [0.05, 0.1) is 13.2 Å². The van der Waals surface area contributed by atoms with Crippen LogP contribution in [0, 0.1) is 5.92 Å². The number of ether oxygens (including phenoxy) is 1. The number of piperidine rings is 1. The maximum atomic E-state index is 12.9. The Hall–Kier alpha value is -2.63. The van der Waals surface area contributed by atoms with Crippen LogP contribution in [0.1, 0.15) is 24.8 Å². The van der Waals surface area contributed by atoms with Crippen molar-refractivity contribution in [1.82, 2.24) is 14.9 Å². The molecule has 142 valence electrons. The summed E-state index contributed by atoms with van der Waals surface area (Å²) in [4.78, 5) is 25.7. The molecule has 1 aromatic carbocycles. The number of fused-ring (bicyclic) bond motifs is 1. The number of carbonyl (C=O) groups is 1. The van der Waals surface area contributed by atoms with Gasteiger partial charge in [0.1, 0.15) is 17.9 Å². The second-order valence-corrected chi connectivity index (χ2v) is 7.35. The molecule has 3 heterocycles. The van der Waals surface area contributed by atoms with Crippen molar-refractivity contribution in [3.8, 4) is 5.75 Å². The molecule has 1 aromatic heterocycles. The Bertz CT molecular complexity index is 766. The van der Waals surface area contributed by atoms with Crippen molar-refractivity contribution in [3.63, 3.8) is 0 Å². The summed E-state index contributed by atoms with van der Waals surface area (Å²) in [6.07, 6.45) is 6.94. The summed E-state index contributed by atoms with van der Waals surface area (Å²) in [6, 6.07) is 10.2. The van der Waals surface area contributed by atoms with Gasteiger partial charge < -0.3 is 14.5 Å². The first kappa shape index (κ1) is 17.8. The number of nitrogens with zero attached hydrogens (tertiary/aromatic N) is 4. The van der Waals surface area contributed by atoms with Crippen LogP contribution >= 0.6 is 0 Å². The Morgan fingerprint density at radius 2 is 2.00 bits per heavy atom. The van der Waals surface area contributed by atoms with Crippen LogP contribution in [-0.4, -0.2) is 53.6 Å². The van der Waals surface area contributed by atoms with E-state index < -0.39 is 0 Å². The standard InChI is InChI=1S/C21H26N4O2/c1-27-18-5-2-16(3-6-18)4-7-21(26)25-13-10-17-9-12-24(14-19(17)25)20-8-11-22-15-23-20/h2-3,5-6,8,11,15,17,19H,4,7,9-10,12-14H2,1H3. The number of rotatable bonds is 5. The second kappa shape index (κ2) is 7.94. The van der Waals surface area contributed by atoms with Crippen LogP contribution in [0.2, 0.25) is 0 Å². The van der Waals surface area contributed by atoms with Crippen LogP contribution in [0.3, 0.4) is 0 Å². The minimum absolute atomic E-state index is 0.267. The highest BCUT2D eigenvalue weighted by Gasteiger charge is 2.40. The third kappa shape index (κ3) is 3.89. The fourth-order valence-electron chi connectivity index (χ4n) is 4.32. The molecule has 0 spiro atoms. The Morgan fingerprint density at radius 3 is 2.74 bits per heavy atom. The van der Waals surface area contributed by atoms with E-state index in [0.29, 0.717) is 18.4 Å². The molecule has 0 N–H and O–H groups in total. The molecule has 4 rings (SSSR count). The van der Waals surface area contributed by atoms with E-state index in [1.807, 2.05) is 30.3 Å². The average molecular weight is 366 g/mol. The van der Waals surface area contributed by atoms with Crippen LogP contribution in [-0.2, 0) is 11.2 Å². The van der Waals surface area contributed by atoms with Gasteiger partial charge in [-0.3, -0.25) is 4.79 Å². The predicted molar refractivity (Wildman–Crippen MR) is 104 cm³/mol. The molecule has 1 amide bonds. The van der Waals surface area contributed by atoms with Crippen LogP contribution < -0.4 is 9.64 Å². The molecule has 2 aliphatic rings. The van der Waals surface area contributed by atoms with E-state index in [-0.39, 0.29) is 5.91 Å². The lowest BCUT2D eigenvalue weighted by molar-refractivity contribution is -0.132. The molecular weight excluding hydrogens is 340 g/mol. The van der Waals surface area contributed by atoms with Crippen molar-refractivity contribution in [2.45, 2.75) is 31.7 Å². The molecule has 27 heavy (non-hydrogen) atoms. The minimum Gasteiger partial charge on any atom is -0.497 e. The van der Waals surface area contributed by atoms with Crippen molar-refractivity contribution < 1.29 is 9.53 Å². The number of aryl methyl sites for hydroxylation is 1. The molecule has 2 aliphatic heterocycles. The zero-order valence-electron chi connectivity index (χ0n) is 15.8. The van der Waals surface area contributed by atoms with Crippen molar-refractivity contribution >= 4 is 11.7 Å². The van der Waals surface area contributed by atoms with Crippen molar-refractivity contribution in [2.24, 2.45) is 5.92 Å². The largest absolute Gasteiger partial charge is 0.497 e. The number of amides is 1. The lowest BCUT2D eigenvalue weighted by Crippen LogP contribution is -2.50. The van der Waals surface area contributed by atoms with Crippen LogP contribution in [0.4, 0.5) is 5.82 Å². The monoisotopic (exact) mass is 366 g/mol. The summed E-state index contributed by atoms with van der Waals surface area (Å²) < 4.78 is 5.19. The number of hydrogen-bond acceptors (Lipinski definition) is 5. The maximum absolute atomic E-state index is 12.9. The summed E-state index contributed by atoms with van der Waals surface area (Å²) in [5.41, 5.74) is 1.17. The van der Waals surface area contributed by atoms with Gasteiger partial charge in [0.25, 0.3) is 0 Å². The molecule has 2 unspecified atom stereocenters. The topological polar surface area (TPSA) is 58.6 Å². The summed E-state index contributed by atoms with van der Waals surface area (Å²) in [5.74, 6) is 2.69. The number of aromatic nitrogens is 2. The molecule has 0 bridgehead atoms. The van der Waals surface area contributed by atoms with Crippen LogP contribution in [0.15, 0.2) is 42.9 Å². The molecule has 0 radical (unpaired) electrons. The molecule has 6 nitrogen and oxygen atoms in total. The smallest absolute Gasteiger partial charge is 0.223 e. The minimum atomic E-state index is 0.267. The van der Waals surface area contributed by atoms with E-state index in [0.717, 1.165) is 50.5 Å². The average Bonchev–Trinajstić information content (AvgIpc) is 3.16. The first-order valence-electron chi connectivity index (χ1n) is 9.68. The fraction of sp³-hybridized carbons (Fsp3) is 0.476. The molecule has 2 atom stereocenters. The van der Waals surface area contributed by atoms with Gasteiger partial charge in [-0.1, -0.05) is 12.1 Å². The second-order valence-electron chi connectivity index (χ2n) is 7.35. The summed E-state index contributed by atoms with van der Waals surface area (Å²) in [7, 11) is 1.66. The number of likely N-dealkylation sites (tertiary alicyclic amines) is 1. The first-order valence-corrected chi connectivity index (χ1v) is 9.68. The number of anilines is 1. The van der Waals surface area contributed by atoms with E-state index in [1.54, 1.807) is 19.6 Å². The zero-order valence-corrected chi connectivity index (χ0v) is 15.8. The number of carbonyl (C=O) groups excluding carboxylic acids is 1. The summed E-state index contributed by atoms with van der Waals surface area (Å²) >= 11 is 0. The Morgan fingerprint density at radius 1 is 1.19 bits per heavy atom. The van der Waals surface area contributed by atoms with E-state index in [4.69, 9.17) is 4.74 Å². The van der Waals surface area contributed by atoms with E-state index in [2.05, 4.69) is 19.8 Å². The van der Waals surface area contributed by atoms with Gasteiger partial charge >= 0.3 is 0 Å².